The van der Waals surface area contributed by atoms with E-state index in [1.807, 2.05) is 0 Å². The minimum atomic E-state index is -4.64. The molecule has 0 atom stereocenters. The van der Waals surface area contributed by atoms with E-state index in [0.717, 1.165) is 17.0 Å². The molecule has 7 nitrogen and oxygen atoms in total. The average molecular weight is 482 g/mol. The first-order valence-electron chi connectivity index (χ1n) is 8.93. The third-order valence-corrected chi connectivity index (χ3v) is 5.20. The number of carbonyl (C=O) groups is 2. The first kappa shape index (κ1) is 23.4. The number of amides is 3. The van der Waals surface area contributed by atoms with Crippen LogP contribution in [0.5, 0.6) is 0 Å². The first-order chi connectivity index (χ1) is 15.2. The van der Waals surface area contributed by atoms with Gasteiger partial charge in [0.25, 0.3) is 5.91 Å². The number of halogens is 4. The zero-order chi connectivity index (χ0) is 23.3. The van der Waals surface area contributed by atoms with Gasteiger partial charge in [-0.2, -0.15) is 13.2 Å². The molecule has 2 aromatic carbocycles. The second-order valence-corrected chi connectivity index (χ2v) is 7.70. The Morgan fingerprint density at radius 3 is 2.31 bits per heavy atom. The highest BCUT2D eigenvalue weighted by Gasteiger charge is 2.33. The molecule has 3 amide bonds. The van der Waals surface area contributed by atoms with Crippen LogP contribution in [0.15, 0.2) is 64.6 Å². The van der Waals surface area contributed by atoms with Gasteiger partial charge in [0.1, 0.15) is 5.03 Å². The van der Waals surface area contributed by atoms with Crippen molar-refractivity contribution in [3.63, 3.8) is 0 Å². The van der Waals surface area contributed by atoms with E-state index in [1.165, 1.54) is 31.1 Å². The number of rotatable bonds is 5. The predicted octanol–water partition coefficient (Wildman–Crippen LogP) is 5.30. The number of urea groups is 1. The van der Waals surface area contributed by atoms with Crippen LogP contribution in [0.2, 0.25) is 5.02 Å². The molecule has 3 aromatic rings. The Labute approximate surface area is 189 Å². The predicted molar refractivity (Wildman–Crippen MR) is 115 cm³/mol. The summed E-state index contributed by atoms with van der Waals surface area (Å²) in [6, 6.07) is 10.7. The highest BCUT2D eigenvalue weighted by atomic mass is 35.5. The zero-order valence-electron chi connectivity index (χ0n) is 16.3. The summed E-state index contributed by atoms with van der Waals surface area (Å²) in [5.41, 5.74) is -0.671. The van der Waals surface area contributed by atoms with Crippen molar-refractivity contribution in [3.8, 4) is 0 Å². The third-order valence-electron chi connectivity index (χ3n) is 3.92. The van der Waals surface area contributed by atoms with Crippen LogP contribution < -0.4 is 16.0 Å². The molecule has 0 saturated carbocycles. The topological polar surface area (TPSA) is 96.0 Å². The minimum absolute atomic E-state index is 0.0448. The van der Waals surface area contributed by atoms with Crippen LogP contribution in [0.4, 0.5) is 29.3 Å². The molecule has 1 aromatic heterocycles. The van der Waals surface area contributed by atoms with Crippen LogP contribution in [0.1, 0.15) is 16.2 Å². The SMILES string of the molecule is CNC(=O)c1nccc(Sc2ccc(NC(=O)Nc3ccc(Cl)c(C(F)(F)F)c3)cc2)n1. The highest BCUT2D eigenvalue weighted by molar-refractivity contribution is 7.99. The molecule has 0 spiro atoms. The van der Waals surface area contributed by atoms with E-state index in [9.17, 15) is 22.8 Å². The van der Waals surface area contributed by atoms with Crippen LogP contribution in [-0.2, 0) is 6.18 Å². The zero-order valence-corrected chi connectivity index (χ0v) is 17.9. The van der Waals surface area contributed by atoms with Gasteiger partial charge >= 0.3 is 12.2 Å². The molecule has 32 heavy (non-hydrogen) atoms. The number of aromatic nitrogens is 2. The fourth-order valence-corrected chi connectivity index (χ4v) is 3.46. The molecule has 0 aliphatic heterocycles. The molecule has 0 aliphatic carbocycles. The molecule has 0 unspecified atom stereocenters. The van der Waals surface area contributed by atoms with E-state index in [0.29, 0.717) is 10.7 Å². The molecular weight excluding hydrogens is 467 g/mol. The summed E-state index contributed by atoms with van der Waals surface area (Å²) >= 11 is 6.86. The van der Waals surface area contributed by atoms with E-state index in [1.54, 1.807) is 30.3 Å². The minimum Gasteiger partial charge on any atom is -0.352 e. The number of nitrogens with one attached hydrogen (secondary N) is 3. The van der Waals surface area contributed by atoms with Gasteiger partial charge < -0.3 is 16.0 Å². The van der Waals surface area contributed by atoms with Gasteiger partial charge in [0, 0.05) is 29.5 Å². The maximum Gasteiger partial charge on any atom is 0.417 e. The number of hydrogen-bond acceptors (Lipinski definition) is 5. The summed E-state index contributed by atoms with van der Waals surface area (Å²) in [4.78, 5) is 32.6. The van der Waals surface area contributed by atoms with Crippen molar-refractivity contribution in [1.82, 2.24) is 15.3 Å². The van der Waals surface area contributed by atoms with Crippen molar-refractivity contribution < 1.29 is 22.8 Å². The smallest absolute Gasteiger partial charge is 0.352 e. The lowest BCUT2D eigenvalue weighted by Gasteiger charge is -2.12. The molecule has 1 heterocycles. The van der Waals surface area contributed by atoms with Crippen molar-refractivity contribution in [2.24, 2.45) is 0 Å². The van der Waals surface area contributed by atoms with Crippen LogP contribution in [0.3, 0.4) is 0 Å². The molecule has 166 valence electrons. The maximum atomic E-state index is 12.9. The van der Waals surface area contributed by atoms with Crippen molar-refractivity contribution >= 4 is 46.7 Å². The molecule has 12 heteroatoms. The lowest BCUT2D eigenvalue weighted by molar-refractivity contribution is -0.137. The van der Waals surface area contributed by atoms with E-state index in [4.69, 9.17) is 11.6 Å². The number of hydrogen-bond donors (Lipinski definition) is 3. The Morgan fingerprint density at radius 1 is 1.00 bits per heavy atom. The van der Waals surface area contributed by atoms with E-state index in [2.05, 4.69) is 25.9 Å². The quantitative estimate of drug-likeness (QED) is 0.429. The number of benzene rings is 2. The number of carbonyl (C=O) groups excluding carboxylic acids is 2. The third kappa shape index (κ3) is 6.11. The molecule has 0 radical (unpaired) electrons. The second-order valence-electron chi connectivity index (χ2n) is 6.20. The van der Waals surface area contributed by atoms with Gasteiger partial charge in [-0.1, -0.05) is 23.4 Å². The molecule has 0 saturated heterocycles. The Kier molecular flexibility index (Phi) is 7.21. The van der Waals surface area contributed by atoms with Crippen molar-refractivity contribution in [2.45, 2.75) is 16.1 Å². The Morgan fingerprint density at radius 2 is 1.66 bits per heavy atom. The molecule has 0 aliphatic rings. The van der Waals surface area contributed by atoms with Gasteiger partial charge in [0.2, 0.25) is 5.82 Å². The van der Waals surface area contributed by atoms with E-state index >= 15 is 0 Å². The molecular formula is C20H15ClF3N5O2S. The maximum absolute atomic E-state index is 12.9. The van der Waals surface area contributed by atoms with Crippen molar-refractivity contribution in [2.75, 3.05) is 17.7 Å². The van der Waals surface area contributed by atoms with Gasteiger partial charge in [-0.25, -0.2) is 14.8 Å². The monoisotopic (exact) mass is 481 g/mol. The summed E-state index contributed by atoms with van der Waals surface area (Å²) in [5.74, 6) is -0.357. The summed E-state index contributed by atoms with van der Waals surface area (Å²) < 4.78 is 38.8. The van der Waals surface area contributed by atoms with Crippen LogP contribution >= 0.6 is 23.4 Å². The number of anilines is 2. The van der Waals surface area contributed by atoms with Crippen molar-refractivity contribution in [3.05, 3.63) is 71.1 Å². The number of nitrogens with zero attached hydrogens (tertiary/aromatic N) is 2. The van der Waals surface area contributed by atoms with Gasteiger partial charge in [-0.15, -0.1) is 0 Å². The van der Waals surface area contributed by atoms with Crippen LogP contribution in [-0.4, -0.2) is 29.0 Å². The van der Waals surface area contributed by atoms with Crippen molar-refractivity contribution in [1.29, 1.82) is 0 Å². The number of alkyl halides is 3. The summed E-state index contributed by atoms with van der Waals surface area (Å²) in [6.45, 7) is 0. The van der Waals surface area contributed by atoms with Gasteiger partial charge in [0.05, 0.1) is 10.6 Å². The molecule has 3 N–H and O–H groups in total. The Bertz CT molecular complexity index is 1140. The van der Waals surface area contributed by atoms with E-state index < -0.39 is 28.7 Å². The van der Waals surface area contributed by atoms with Gasteiger partial charge in [-0.05, 0) is 48.5 Å². The fourth-order valence-electron chi connectivity index (χ4n) is 2.46. The second kappa shape index (κ2) is 9.88. The van der Waals surface area contributed by atoms with E-state index in [-0.39, 0.29) is 11.5 Å². The lowest BCUT2D eigenvalue weighted by Crippen LogP contribution is -2.20. The van der Waals surface area contributed by atoms with Gasteiger partial charge in [0.15, 0.2) is 0 Å². The first-order valence-corrected chi connectivity index (χ1v) is 10.1. The normalized spacial score (nSPS) is 11.0. The Hall–Kier alpha value is -3.31. The summed E-state index contributed by atoms with van der Waals surface area (Å²) in [6.07, 6.45) is -3.16. The fraction of sp³-hybridized carbons (Fsp3) is 0.100. The molecule has 0 fully saturated rings. The van der Waals surface area contributed by atoms with Crippen LogP contribution in [0.25, 0.3) is 0 Å². The highest BCUT2D eigenvalue weighted by Crippen LogP contribution is 2.36. The summed E-state index contributed by atoms with van der Waals surface area (Å²) in [7, 11) is 1.48. The average Bonchev–Trinajstić information content (AvgIpc) is 2.75. The standard InChI is InChI=1S/C20H15ClF3N5O2S/c1-25-18(30)17-26-9-8-16(29-17)32-13-5-2-11(3-6-13)27-19(31)28-12-4-7-15(21)14(10-12)20(22,23)24/h2-10H,1H3,(H,25,30)(H2,27,28,31). The summed E-state index contributed by atoms with van der Waals surface area (Å²) in [5, 5.41) is 7.42. The largest absolute Gasteiger partial charge is 0.417 e. The molecule has 3 rings (SSSR count). The van der Waals surface area contributed by atoms with Crippen LogP contribution in [0, 0.1) is 0 Å². The van der Waals surface area contributed by atoms with Gasteiger partial charge in [-0.3, -0.25) is 4.79 Å². The Balaban J connectivity index is 1.62. The molecule has 0 bridgehead atoms. The lowest BCUT2D eigenvalue weighted by atomic mass is 10.2.